The lowest BCUT2D eigenvalue weighted by molar-refractivity contribution is -0.166. The number of rotatable bonds is 1. The smallest absolute Gasteiger partial charge is 0.312 e. The first-order chi connectivity index (χ1) is 6.00. The zero-order valence-corrected chi connectivity index (χ0v) is 8.42. The summed E-state index contributed by atoms with van der Waals surface area (Å²) in [4.78, 5) is 11.4. The summed E-state index contributed by atoms with van der Waals surface area (Å²) in [7, 11) is 0. The molecule has 0 amide bonds. The molecule has 0 aromatic carbocycles. The van der Waals surface area contributed by atoms with E-state index in [1.807, 2.05) is 20.8 Å². The maximum Gasteiger partial charge on any atom is 0.312 e. The molecule has 0 aromatic rings. The highest BCUT2D eigenvalue weighted by Gasteiger charge is 2.27. The summed E-state index contributed by atoms with van der Waals surface area (Å²) in [5.74, 6) is -0.199. The Balaban J connectivity index is 2.35. The monoisotopic (exact) mass is 187 g/mol. The first-order valence-electron chi connectivity index (χ1n) is 4.52. The van der Waals surface area contributed by atoms with Crippen molar-refractivity contribution in [3.05, 3.63) is 0 Å². The van der Waals surface area contributed by atoms with Gasteiger partial charge < -0.3 is 9.47 Å². The Kier molecular flexibility index (Phi) is 3.27. The number of hydrogen-bond acceptors (Lipinski definition) is 4. The van der Waals surface area contributed by atoms with E-state index in [1.165, 1.54) is 0 Å². The second kappa shape index (κ2) is 4.07. The van der Waals surface area contributed by atoms with Gasteiger partial charge in [-0.15, -0.1) is 0 Å². The van der Waals surface area contributed by atoms with Crippen LogP contribution in [0.3, 0.4) is 0 Å². The Bertz CT molecular complexity index is 180. The molecule has 1 aliphatic rings. The van der Waals surface area contributed by atoms with E-state index < -0.39 is 5.41 Å². The van der Waals surface area contributed by atoms with Crippen molar-refractivity contribution in [3.63, 3.8) is 0 Å². The highest BCUT2D eigenvalue weighted by Crippen LogP contribution is 2.16. The molecule has 13 heavy (non-hydrogen) atoms. The minimum absolute atomic E-state index is 0.199. The molecule has 0 aliphatic carbocycles. The maximum atomic E-state index is 11.4. The van der Waals surface area contributed by atoms with Crippen molar-refractivity contribution < 1.29 is 14.3 Å². The van der Waals surface area contributed by atoms with Gasteiger partial charge in [-0.05, 0) is 20.8 Å². The predicted octanol–water partition coefficient (Wildman–Crippen LogP) is 0.522. The number of ether oxygens (including phenoxy) is 2. The average Bonchev–Trinajstić information content (AvgIpc) is 2.04. The Morgan fingerprint density at radius 2 is 2.23 bits per heavy atom. The van der Waals surface area contributed by atoms with Gasteiger partial charge >= 0.3 is 5.97 Å². The summed E-state index contributed by atoms with van der Waals surface area (Å²) >= 11 is 0. The fourth-order valence-electron chi connectivity index (χ4n) is 0.923. The average molecular weight is 187 g/mol. The third kappa shape index (κ3) is 3.32. The van der Waals surface area contributed by atoms with E-state index >= 15 is 0 Å². The summed E-state index contributed by atoms with van der Waals surface area (Å²) in [5, 5.41) is 3.05. The van der Waals surface area contributed by atoms with E-state index in [2.05, 4.69) is 5.32 Å². The van der Waals surface area contributed by atoms with Gasteiger partial charge in [-0.3, -0.25) is 10.1 Å². The standard InChI is InChI=1S/C9H17NO3/c1-9(2,3)8(11)13-7-6-12-5-4-10-7/h7,10H,4-6H2,1-3H3/t7-/m0/s1. The van der Waals surface area contributed by atoms with Crippen molar-refractivity contribution in [3.8, 4) is 0 Å². The molecule has 76 valence electrons. The molecule has 1 rings (SSSR count). The fourth-order valence-corrected chi connectivity index (χ4v) is 0.923. The van der Waals surface area contributed by atoms with Gasteiger partial charge in [0.05, 0.1) is 18.6 Å². The molecule has 0 saturated carbocycles. The molecule has 1 N–H and O–H groups in total. The number of carbonyl (C=O) groups is 1. The van der Waals surface area contributed by atoms with Crippen molar-refractivity contribution in [2.45, 2.75) is 27.0 Å². The molecule has 0 aromatic heterocycles. The molecule has 1 aliphatic heterocycles. The molecule has 4 heteroatoms. The Morgan fingerprint density at radius 1 is 1.54 bits per heavy atom. The van der Waals surface area contributed by atoms with Crippen molar-refractivity contribution in [1.29, 1.82) is 0 Å². The molecule has 1 heterocycles. The van der Waals surface area contributed by atoms with Crippen LogP contribution in [0.1, 0.15) is 20.8 Å². The van der Waals surface area contributed by atoms with Crippen LogP contribution in [0.15, 0.2) is 0 Å². The summed E-state index contributed by atoms with van der Waals surface area (Å²) in [6, 6.07) is 0. The van der Waals surface area contributed by atoms with E-state index in [1.54, 1.807) is 0 Å². The fraction of sp³-hybridized carbons (Fsp3) is 0.889. The van der Waals surface area contributed by atoms with Gasteiger partial charge in [-0.25, -0.2) is 0 Å². The lowest BCUT2D eigenvalue weighted by atomic mass is 9.97. The van der Waals surface area contributed by atoms with Crippen LogP contribution in [0.25, 0.3) is 0 Å². The van der Waals surface area contributed by atoms with E-state index in [0.29, 0.717) is 13.2 Å². The summed E-state index contributed by atoms with van der Waals surface area (Å²) in [6.45, 7) is 7.37. The first-order valence-corrected chi connectivity index (χ1v) is 4.52. The second-order valence-corrected chi connectivity index (χ2v) is 4.17. The van der Waals surface area contributed by atoms with E-state index in [0.717, 1.165) is 6.54 Å². The van der Waals surface area contributed by atoms with Crippen LogP contribution < -0.4 is 5.32 Å². The van der Waals surface area contributed by atoms with Crippen molar-refractivity contribution in [1.82, 2.24) is 5.32 Å². The number of morpholine rings is 1. The lowest BCUT2D eigenvalue weighted by Crippen LogP contribution is -2.45. The molecule has 1 atom stereocenters. The van der Waals surface area contributed by atoms with Crippen molar-refractivity contribution >= 4 is 5.97 Å². The molecule has 0 unspecified atom stereocenters. The molecule has 0 spiro atoms. The number of esters is 1. The summed E-state index contributed by atoms with van der Waals surface area (Å²) < 4.78 is 10.3. The molecule has 4 nitrogen and oxygen atoms in total. The predicted molar refractivity (Wildman–Crippen MR) is 48.2 cm³/mol. The minimum Gasteiger partial charge on any atom is -0.444 e. The van der Waals surface area contributed by atoms with Crippen LogP contribution in [0.5, 0.6) is 0 Å². The first kappa shape index (κ1) is 10.5. The van der Waals surface area contributed by atoms with Gasteiger partial charge in [-0.1, -0.05) is 0 Å². The maximum absolute atomic E-state index is 11.4. The van der Waals surface area contributed by atoms with Gasteiger partial charge in [0.15, 0.2) is 6.23 Å². The number of carbonyl (C=O) groups excluding carboxylic acids is 1. The Morgan fingerprint density at radius 3 is 2.69 bits per heavy atom. The largest absolute Gasteiger partial charge is 0.444 e. The van der Waals surface area contributed by atoms with Gasteiger partial charge in [-0.2, -0.15) is 0 Å². The lowest BCUT2D eigenvalue weighted by Gasteiger charge is -2.26. The molecule has 1 saturated heterocycles. The second-order valence-electron chi connectivity index (χ2n) is 4.17. The van der Waals surface area contributed by atoms with Crippen LogP contribution in [-0.2, 0) is 14.3 Å². The van der Waals surface area contributed by atoms with Crippen molar-refractivity contribution in [2.75, 3.05) is 19.8 Å². The normalized spacial score (nSPS) is 24.1. The Hall–Kier alpha value is -0.610. The minimum atomic E-state index is -0.445. The zero-order valence-electron chi connectivity index (χ0n) is 8.42. The van der Waals surface area contributed by atoms with Gasteiger partial charge in [0, 0.05) is 6.54 Å². The molecule has 1 fully saturated rings. The number of hydrogen-bond donors (Lipinski definition) is 1. The summed E-state index contributed by atoms with van der Waals surface area (Å²) in [6.07, 6.45) is -0.277. The Labute approximate surface area is 78.6 Å². The third-order valence-corrected chi connectivity index (χ3v) is 1.75. The zero-order chi connectivity index (χ0) is 9.90. The summed E-state index contributed by atoms with van der Waals surface area (Å²) in [5.41, 5.74) is -0.445. The topological polar surface area (TPSA) is 47.6 Å². The molecular formula is C9H17NO3. The van der Waals surface area contributed by atoms with Crippen molar-refractivity contribution in [2.24, 2.45) is 5.41 Å². The van der Waals surface area contributed by atoms with E-state index in [-0.39, 0.29) is 12.2 Å². The van der Waals surface area contributed by atoms with Crippen LogP contribution in [0.2, 0.25) is 0 Å². The SMILES string of the molecule is CC(C)(C)C(=O)O[C@H]1COCCN1. The highest BCUT2D eigenvalue weighted by molar-refractivity contribution is 5.75. The molecular weight excluding hydrogens is 170 g/mol. The van der Waals surface area contributed by atoms with E-state index in [9.17, 15) is 4.79 Å². The van der Waals surface area contributed by atoms with E-state index in [4.69, 9.17) is 9.47 Å². The van der Waals surface area contributed by atoms with Crippen LogP contribution in [0.4, 0.5) is 0 Å². The van der Waals surface area contributed by atoms with Crippen LogP contribution >= 0.6 is 0 Å². The van der Waals surface area contributed by atoms with Crippen LogP contribution in [-0.4, -0.2) is 32.0 Å². The third-order valence-electron chi connectivity index (χ3n) is 1.75. The number of nitrogens with one attached hydrogen (secondary N) is 1. The molecule has 0 bridgehead atoms. The molecule has 0 radical (unpaired) electrons. The van der Waals surface area contributed by atoms with Gasteiger partial charge in [0.25, 0.3) is 0 Å². The van der Waals surface area contributed by atoms with Gasteiger partial charge in [0.1, 0.15) is 0 Å². The van der Waals surface area contributed by atoms with Gasteiger partial charge in [0.2, 0.25) is 0 Å². The highest BCUT2D eigenvalue weighted by atomic mass is 16.6. The quantitative estimate of drug-likeness (QED) is 0.608. The van der Waals surface area contributed by atoms with Crippen LogP contribution in [0, 0.1) is 5.41 Å².